The van der Waals surface area contributed by atoms with E-state index in [1.807, 2.05) is 68.4 Å². The summed E-state index contributed by atoms with van der Waals surface area (Å²) in [6.07, 6.45) is 0. The summed E-state index contributed by atoms with van der Waals surface area (Å²) < 4.78 is 6.14. The van der Waals surface area contributed by atoms with E-state index in [4.69, 9.17) is 4.74 Å². The molecule has 2 nitrogen and oxygen atoms in total. The topological polar surface area (TPSA) is 29.5 Å². The number of hydrogen-bond donors (Lipinski definition) is 1. The normalized spacial score (nSPS) is 10.6. The zero-order chi connectivity index (χ0) is 16.4. The highest BCUT2D eigenvalue weighted by atomic mass is 31.0. The van der Waals surface area contributed by atoms with Crippen LogP contribution in [0.3, 0.4) is 0 Å². The molecule has 0 fully saturated rings. The third kappa shape index (κ3) is 3.38. The zero-order valence-electron chi connectivity index (χ0n) is 13.2. The van der Waals surface area contributed by atoms with Crippen LogP contribution in [0.1, 0.15) is 11.1 Å². The molecule has 3 aromatic carbocycles. The van der Waals surface area contributed by atoms with Crippen LogP contribution in [0.4, 0.5) is 0 Å². The average Bonchev–Trinajstić information content (AvgIpc) is 2.52. The molecule has 23 heavy (non-hydrogen) atoms. The lowest BCUT2D eigenvalue weighted by Gasteiger charge is -2.15. The Morgan fingerprint density at radius 1 is 0.826 bits per heavy atom. The lowest BCUT2D eigenvalue weighted by Crippen LogP contribution is -2.00. The first-order valence-electron chi connectivity index (χ1n) is 7.47. The van der Waals surface area contributed by atoms with E-state index in [0.717, 1.165) is 39.1 Å². The maximum Gasteiger partial charge on any atom is 0.142 e. The minimum Gasteiger partial charge on any atom is -0.507 e. The second kappa shape index (κ2) is 6.44. The monoisotopic (exact) mass is 322 g/mol. The summed E-state index contributed by atoms with van der Waals surface area (Å²) >= 11 is 0. The van der Waals surface area contributed by atoms with Crippen LogP contribution in [0.15, 0.2) is 60.7 Å². The van der Waals surface area contributed by atoms with Gasteiger partial charge in [0.2, 0.25) is 0 Å². The molecule has 0 radical (unpaired) electrons. The molecular formula is C20H19O2P. The summed E-state index contributed by atoms with van der Waals surface area (Å²) in [5, 5.41) is 11.2. The van der Waals surface area contributed by atoms with Crippen LogP contribution in [0, 0.1) is 13.8 Å². The highest BCUT2D eigenvalue weighted by molar-refractivity contribution is 7.27. The Morgan fingerprint density at radius 2 is 1.57 bits per heavy atom. The van der Waals surface area contributed by atoms with E-state index in [1.165, 1.54) is 0 Å². The highest BCUT2D eigenvalue weighted by Gasteiger charge is 2.14. The summed E-state index contributed by atoms with van der Waals surface area (Å²) in [5.74, 6) is 1.78. The van der Waals surface area contributed by atoms with Crippen LogP contribution in [0.2, 0.25) is 0 Å². The molecule has 1 N–H and O–H groups in total. The van der Waals surface area contributed by atoms with Crippen molar-refractivity contribution >= 4 is 14.5 Å². The van der Waals surface area contributed by atoms with Crippen molar-refractivity contribution in [1.82, 2.24) is 0 Å². The molecule has 3 heteroatoms. The second-order valence-electron chi connectivity index (χ2n) is 5.66. The molecule has 0 amide bonds. The van der Waals surface area contributed by atoms with Crippen molar-refractivity contribution in [2.75, 3.05) is 0 Å². The number of rotatable bonds is 3. The van der Waals surface area contributed by atoms with Crippen LogP contribution >= 0.6 is 9.24 Å². The molecule has 0 saturated carbocycles. The van der Waals surface area contributed by atoms with Gasteiger partial charge in [-0.05, 0) is 43.7 Å². The molecule has 3 aromatic rings. The van der Waals surface area contributed by atoms with E-state index in [-0.39, 0.29) is 5.75 Å². The number of phenols is 1. The minimum absolute atomic E-state index is 0.250. The average molecular weight is 322 g/mol. The maximum atomic E-state index is 10.3. The number of ether oxygens (including phenoxy) is 1. The largest absolute Gasteiger partial charge is 0.507 e. The lowest BCUT2D eigenvalue weighted by atomic mass is 10.0. The smallest absolute Gasteiger partial charge is 0.142 e. The fraction of sp³-hybridized carbons (Fsp3) is 0.100. The van der Waals surface area contributed by atoms with Gasteiger partial charge in [0, 0.05) is 16.4 Å². The van der Waals surface area contributed by atoms with Crippen LogP contribution < -0.4 is 10.0 Å². The van der Waals surface area contributed by atoms with Gasteiger partial charge in [0.1, 0.15) is 17.2 Å². The number of aromatic hydroxyl groups is 1. The Kier molecular flexibility index (Phi) is 4.36. The Labute approximate surface area is 139 Å². The van der Waals surface area contributed by atoms with E-state index in [0.29, 0.717) is 0 Å². The van der Waals surface area contributed by atoms with E-state index in [2.05, 4.69) is 9.24 Å². The van der Waals surface area contributed by atoms with Gasteiger partial charge in [-0.25, -0.2) is 0 Å². The minimum atomic E-state index is 0.250. The van der Waals surface area contributed by atoms with Gasteiger partial charge in [-0.2, -0.15) is 0 Å². The van der Waals surface area contributed by atoms with E-state index >= 15 is 0 Å². The van der Waals surface area contributed by atoms with Crippen molar-refractivity contribution in [1.29, 1.82) is 0 Å². The van der Waals surface area contributed by atoms with E-state index in [9.17, 15) is 5.11 Å². The van der Waals surface area contributed by atoms with Gasteiger partial charge < -0.3 is 9.84 Å². The second-order valence-corrected chi connectivity index (χ2v) is 6.29. The molecule has 0 spiro atoms. The predicted molar refractivity (Wildman–Crippen MR) is 98.9 cm³/mol. The Bertz CT molecular complexity index is 856. The lowest BCUT2D eigenvalue weighted by molar-refractivity contribution is 0.473. The van der Waals surface area contributed by atoms with Gasteiger partial charge >= 0.3 is 0 Å². The van der Waals surface area contributed by atoms with Gasteiger partial charge in [0.15, 0.2) is 0 Å². The zero-order valence-corrected chi connectivity index (χ0v) is 14.4. The van der Waals surface area contributed by atoms with Crippen molar-refractivity contribution in [3.8, 4) is 28.4 Å². The van der Waals surface area contributed by atoms with Gasteiger partial charge in [-0.15, -0.1) is 9.24 Å². The van der Waals surface area contributed by atoms with Crippen molar-refractivity contribution in [2.45, 2.75) is 13.8 Å². The van der Waals surface area contributed by atoms with Gasteiger partial charge in [0.05, 0.1) is 0 Å². The molecule has 0 aliphatic heterocycles. The van der Waals surface area contributed by atoms with Crippen molar-refractivity contribution in [3.63, 3.8) is 0 Å². The van der Waals surface area contributed by atoms with E-state index < -0.39 is 0 Å². The summed E-state index contributed by atoms with van der Waals surface area (Å²) in [6, 6.07) is 19.4. The first-order valence-corrected chi connectivity index (χ1v) is 8.05. The fourth-order valence-corrected chi connectivity index (χ4v) is 2.87. The molecule has 3 rings (SSSR count). The Balaban J connectivity index is 2.12. The fourth-order valence-electron chi connectivity index (χ4n) is 2.54. The molecule has 0 aliphatic carbocycles. The molecule has 0 bridgehead atoms. The SMILES string of the molecule is Cc1cccc(Oc2c(P)cccc2-c2cc(C)ccc2O)c1. The van der Waals surface area contributed by atoms with Crippen LogP contribution in [-0.2, 0) is 0 Å². The number of aryl methyl sites for hydroxylation is 2. The van der Waals surface area contributed by atoms with Crippen LogP contribution in [-0.4, -0.2) is 5.11 Å². The molecule has 0 aromatic heterocycles. The molecule has 116 valence electrons. The molecule has 0 saturated heterocycles. The van der Waals surface area contributed by atoms with Crippen molar-refractivity contribution in [3.05, 3.63) is 71.8 Å². The number of para-hydroxylation sites is 1. The third-order valence-electron chi connectivity index (χ3n) is 3.70. The van der Waals surface area contributed by atoms with Crippen LogP contribution in [0.5, 0.6) is 17.2 Å². The number of benzene rings is 3. The third-order valence-corrected chi connectivity index (χ3v) is 4.15. The molecular weight excluding hydrogens is 303 g/mol. The maximum absolute atomic E-state index is 10.3. The number of hydrogen-bond acceptors (Lipinski definition) is 2. The molecule has 1 atom stereocenters. The summed E-state index contributed by atoms with van der Waals surface area (Å²) in [6.45, 7) is 4.04. The Hall–Kier alpha value is -2.31. The number of phenolic OH excluding ortho intramolecular Hbond substituents is 1. The van der Waals surface area contributed by atoms with E-state index in [1.54, 1.807) is 6.07 Å². The van der Waals surface area contributed by atoms with Gasteiger partial charge in [0.25, 0.3) is 0 Å². The molecule has 0 aliphatic rings. The first-order chi connectivity index (χ1) is 11.0. The Morgan fingerprint density at radius 3 is 2.35 bits per heavy atom. The van der Waals surface area contributed by atoms with Crippen molar-refractivity contribution in [2.24, 2.45) is 0 Å². The summed E-state index contributed by atoms with van der Waals surface area (Å²) in [7, 11) is 2.70. The van der Waals surface area contributed by atoms with Crippen LogP contribution in [0.25, 0.3) is 11.1 Å². The summed E-state index contributed by atoms with van der Waals surface area (Å²) in [4.78, 5) is 0. The van der Waals surface area contributed by atoms with Crippen molar-refractivity contribution < 1.29 is 9.84 Å². The summed E-state index contributed by atoms with van der Waals surface area (Å²) in [5.41, 5.74) is 3.88. The standard InChI is InChI=1S/C20H19O2P/c1-13-5-3-6-15(11-13)22-20-16(7-4-8-19(20)23)17-12-14(2)9-10-18(17)21/h3-12,21H,23H2,1-2H3. The predicted octanol–water partition coefficient (Wildman–Crippen LogP) is 4.97. The first kappa shape index (κ1) is 15.6. The van der Waals surface area contributed by atoms with Gasteiger partial charge in [-0.1, -0.05) is 42.0 Å². The molecule has 0 heterocycles. The quantitative estimate of drug-likeness (QED) is 0.690. The highest BCUT2D eigenvalue weighted by Crippen LogP contribution is 2.38. The van der Waals surface area contributed by atoms with Gasteiger partial charge in [-0.3, -0.25) is 0 Å². The molecule has 1 unspecified atom stereocenters.